The summed E-state index contributed by atoms with van der Waals surface area (Å²) in [5.41, 5.74) is 0. The van der Waals surface area contributed by atoms with Gasteiger partial charge in [-0.1, -0.05) is 148 Å². The molecule has 13 heteroatoms. The van der Waals surface area contributed by atoms with Crippen LogP contribution in [0.3, 0.4) is 0 Å². The van der Waals surface area contributed by atoms with E-state index in [0.29, 0.717) is 13.0 Å². The molecule has 320 valence electrons. The van der Waals surface area contributed by atoms with Crippen LogP contribution in [0.15, 0.2) is 12.2 Å². The monoisotopic (exact) mass is 795 g/mol. The molecule has 1 heterocycles. The van der Waals surface area contributed by atoms with Crippen LogP contribution >= 0.6 is 0 Å². The number of esters is 1. The number of aliphatic hydroxyl groups excluding tert-OH is 3. The van der Waals surface area contributed by atoms with Crippen molar-refractivity contribution in [2.24, 2.45) is 0 Å². The van der Waals surface area contributed by atoms with Crippen molar-refractivity contribution in [2.75, 3.05) is 26.4 Å². The van der Waals surface area contributed by atoms with Crippen molar-refractivity contribution in [3.8, 4) is 0 Å². The molecular formula is C41H78O12S. The molecule has 0 bridgehead atoms. The van der Waals surface area contributed by atoms with Crippen molar-refractivity contribution in [1.29, 1.82) is 0 Å². The van der Waals surface area contributed by atoms with E-state index < -0.39 is 59.8 Å². The summed E-state index contributed by atoms with van der Waals surface area (Å²) in [6.45, 7) is 3.96. The summed E-state index contributed by atoms with van der Waals surface area (Å²) >= 11 is 0. The quantitative estimate of drug-likeness (QED) is 0.0205. The molecule has 12 nitrogen and oxygen atoms in total. The van der Waals surface area contributed by atoms with Gasteiger partial charge in [-0.25, -0.2) is 4.18 Å². The topological polar surface area (TPSA) is 178 Å². The van der Waals surface area contributed by atoms with Crippen LogP contribution < -0.4 is 0 Å². The Morgan fingerprint density at radius 3 is 1.67 bits per heavy atom. The van der Waals surface area contributed by atoms with Crippen LogP contribution in [0, 0.1) is 0 Å². The minimum Gasteiger partial charge on any atom is -0.457 e. The maximum Gasteiger partial charge on any atom is 0.397 e. The second kappa shape index (κ2) is 33.9. The molecule has 1 fully saturated rings. The highest BCUT2D eigenvalue weighted by Gasteiger charge is 2.48. The zero-order chi connectivity index (χ0) is 39.7. The first-order valence-corrected chi connectivity index (χ1v) is 22.8. The number of carbonyl (C=O) groups excluding carboxylic acids is 1. The van der Waals surface area contributed by atoms with Gasteiger partial charge in [-0.2, -0.15) is 8.42 Å². The normalized spacial score (nSPS) is 21.2. The third kappa shape index (κ3) is 27.4. The van der Waals surface area contributed by atoms with E-state index in [-0.39, 0.29) is 19.6 Å². The smallest absolute Gasteiger partial charge is 0.397 e. The lowest BCUT2D eigenvalue weighted by Crippen LogP contribution is -2.60. The molecule has 1 rings (SSSR count). The van der Waals surface area contributed by atoms with Crippen molar-refractivity contribution in [1.82, 2.24) is 0 Å². The molecule has 1 saturated heterocycles. The summed E-state index contributed by atoms with van der Waals surface area (Å²) < 4.78 is 58.9. The van der Waals surface area contributed by atoms with Gasteiger partial charge in [0.2, 0.25) is 0 Å². The van der Waals surface area contributed by atoms with Gasteiger partial charge in [-0.05, 0) is 38.5 Å². The highest BCUT2D eigenvalue weighted by Crippen LogP contribution is 2.26. The second-order valence-electron chi connectivity index (χ2n) is 14.9. The zero-order valence-electron chi connectivity index (χ0n) is 33.8. The van der Waals surface area contributed by atoms with Crippen LogP contribution in [0.4, 0.5) is 0 Å². The minimum absolute atomic E-state index is 0.0365. The first-order valence-electron chi connectivity index (χ1n) is 21.4. The van der Waals surface area contributed by atoms with Gasteiger partial charge in [-0.15, -0.1) is 0 Å². The molecule has 6 atom stereocenters. The molecule has 0 radical (unpaired) electrons. The Morgan fingerprint density at radius 1 is 0.685 bits per heavy atom. The fourth-order valence-electron chi connectivity index (χ4n) is 6.61. The highest BCUT2D eigenvalue weighted by atomic mass is 32.3. The summed E-state index contributed by atoms with van der Waals surface area (Å²) in [4.78, 5) is 12.8. The van der Waals surface area contributed by atoms with Gasteiger partial charge >= 0.3 is 16.4 Å². The second-order valence-corrected chi connectivity index (χ2v) is 16.0. The minimum atomic E-state index is -5.05. The molecule has 0 amide bonds. The van der Waals surface area contributed by atoms with Gasteiger partial charge in [0.15, 0.2) is 6.29 Å². The van der Waals surface area contributed by atoms with Gasteiger partial charge in [0.1, 0.15) is 30.5 Å². The maximum atomic E-state index is 12.8. The van der Waals surface area contributed by atoms with Crippen LogP contribution in [0.25, 0.3) is 0 Å². The average molecular weight is 795 g/mol. The van der Waals surface area contributed by atoms with Gasteiger partial charge < -0.3 is 34.3 Å². The lowest BCUT2D eigenvalue weighted by Gasteiger charge is -2.41. The molecule has 1 aliphatic heterocycles. The molecule has 4 N–H and O–H groups in total. The number of aliphatic hydroxyl groups is 3. The highest BCUT2D eigenvalue weighted by molar-refractivity contribution is 7.80. The molecule has 0 aromatic rings. The Hall–Kier alpha value is -1.16. The molecule has 0 aliphatic carbocycles. The number of carbonyl (C=O) groups is 1. The van der Waals surface area contributed by atoms with Gasteiger partial charge in [0.25, 0.3) is 0 Å². The summed E-state index contributed by atoms with van der Waals surface area (Å²) in [6.07, 6.45) is 25.4. The number of allylic oxidation sites excluding steroid dienone is 2. The number of rotatable bonds is 37. The van der Waals surface area contributed by atoms with E-state index in [1.165, 1.54) is 109 Å². The fraction of sp³-hybridized carbons (Fsp3) is 0.927. The summed E-state index contributed by atoms with van der Waals surface area (Å²) in [5, 5.41) is 30.6. The van der Waals surface area contributed by atoms with Gasteiger partial charge in [-0.3, -0.25) is 9.35 Å². The van der Waals surface area contributed by atoms with Crippen LogP contribution in [0.1, 0.15) is 181 Å². The van der Waals surface area contributed by atoms with E-state index in [0.717, 1.165) is 44.9 Å². The van der Waals surface area contributed by atoms with Crippen LogP contribution in [-0.2, 0) is 38.3 Å². The van der Waals surface area contributed by atoms with Gasteiger partial charge in [0.05, 0.1) is 19.8 Å². The van der Waals surface area contributed by atoms with Crippen molar-refractivity contribution in [3.63, 3.8) is 0 Å². The fourth-order valence-corrected chi connectivity index (χ4v) is 7.12. The Kier molecular flexibility index (Phi) is 32.0. The molecule has 6 unspecified atom stereocenters. The molecule has 0 spiro atoms. The standard InChI is InChI=1S/C41H78O12S/c1-3-5-7-9-11-13-15-16-17-18-19-20-21-23-25-27-29-31-49-33-35(51-37(43)30-28-26-24-22-14-12-10-8-6-4-2)34-50-41-39(45)40(53-54(46,47)48)38(44)36(32-42)52-41/h17-18,35-36,38-42,44-45H,3-16,19-34H2,1-2H3,(H,46,47,48)/b18-17-. The third-order valence-electron chi connectivity index (χ3n) is 9.89. The average Bonchev–Trinajstić information content (AvgIpc) is 3.14. The van der Waals surface area contributed by atoms with E-state index in [2.05, 4.69) is 30.2 Å². The van der Waals surface area contributed by atoms with E-state index in [1.807, 2.05) is 0 Å². The van der Waals surface area contributed by atoms with Gasteiger partial charge in [0, 0.05) is 13.0 Å². The van der Waals surface area contributed by atoms with E-state index >= 15 is 0 Å². The summed E-state index contributed by atoms with van der Waals surface area (Å²) in [6, 6.07) is 0. The largest absolute Gasteiger partial charge is 0.457 e. The zero-order valence-corrected chi connectivity index (χ0v) is 34.6. The van der Waals surface area contributed by atoms with Crippen molar-refractivity contribution in [2.45, 2.75) is 218 Å². The van der Waals surface area contributed by atoms with Crippen molar-refractivity contribution in [3.05, 3.63) is 12.2 Å². The predicted octanol–water partition coefficient (Wildman–Crippen LogP) is 8.30. The Balaban J connectivity index is 2.43. The molecule has 0 aromatic heterocycles. The molecule has 0 aromatic carbocycles. The number of hydrogen-bond donors (Lipinski definition) is 4. The number of hydrogen-bond acceptors (Lipinski definition) is 11. The lowest BCUT2D eigenvalue weighted by molar-refractivity contribution is -0.301. The summed E-state index contributed by atoms with van der Waals surface area (Å²) in [7, 11) is -5.05. The SMILES string of the molecule is CCCCCCCCC/C=C\CCCCCCCCOCC(COC1OC(CO)C(O)C(OS(=O)(=O)O)C1O)OC(=O)CCCCCCCCCCCC. The van der Waals surface area contributed by atoms with E-state index in [9.17, 15) is 28.5 Å². The molecule has 54 heavy (non-hydrogen) atoms. The van der Waals surface area contributed by atoms with E-state index in [1.54, 1.807) is 0 Å². The molecular weight excluding hydrogens is 717 g/mol. The summed E-state index contributed by atoms with van der Waals surface area (Å²) in [5.74, 6) is -0.402. The van der Waals surface area contributed by atoms with Crippen molar-refractivity contribution < 1.29 is 56.2 Å². The number of ether oxygens (including phenoxy) is 4. The Morgan fingerprint density at radius 2 is 1.17 bits per heavy atom. The predicted molar refractivity (Wildman–Crippen MR) is 211 cm³/mol. The first-order chi connectivity index (χ1) is 26.1. The molecule has 0 saturated carbocycles. The van der Waals surface area contributed by atoms with E-state index in [4.69, 9.17) is 23.5 Å². The van der Waals surface area contributed by atoms with Crippen LogP contribution in [-0.4, -0.2) is 97.5 Å². The third-order valence-corrected chi connectivity index (χ3v) is 10.4. The maximum absolute atomic E-state index is 12.8. The Labute approximate surface area is 328 Å². The van der Waals surface area contributed by atoms with Crippen molar-refractivity contribution >= 4 is 16.4 Å². The van der Waals surface area contributed by atoms with Crippen LogP contribution in [0.2, 0.25) is 0 Å². The molecule has 1 aliphatic rings. The Bertz CT molecular complexity index is 1010. The number of unbranched alkanes of at least 4 members (excludes halogenated alkanes) is 22. The van der Waals surface area contributed by atoms with Crippen LogP contribution in [0.5, 0.6) is 0 Å². The first kappa shape index (κ1) is 50.9. The lowest BCUT2D eigenvalue weighted by atomic mass is 9.99.